The van der Waals surface area contributed by atoms with Crippen molar-refractivity contribution in [1.29, 1.82) is 0 Å². The Hall–Kier alpha value is 0.250. The van der Waals surface area contributed by atoms with E-state index >= 15 is 0 Å². The number of ether oxygens (including phenoxy) is 12. The first-order valence-corrected chi connectivity index (χ1v) is 25.4. The van der Waals surface area contributed by atoms with E-state index in [-0.39, 0.29) is 0 Å². The minimum atomic E-state index is 0.522. The number of hydrogen-bond donors (Lipinski definition) is 0. The second-order valence-electron chi connectivity index (χ2n) is 14.8. The third-order valence-electron chi connectivity index (χ3n) is 9.41. The highest BCUT2D eigenvalue weighted by molar-refractivity contribution is 14.1. The van der Waals surface area contributed by atoms with Crippen LogP contribution in [0.4, 0.5) is 0 Å². The van der Waals surface area contributed by atoms with Gasteiger partial charge >= 0.3 is 0 Å². The van der Waals surface area contributed by atoms with Gasteiger partial charge in [0.2, 0.25) is 0 Å². The average molecular weight is 965 g/mol. The van der Waals surface area contributed by atoms with Crippen molar-refractivity contribution in [3.8, 4) is 0 Å². The van der Waals surface area contributed by atoms with E-state index < -0.39 is 0 Å². The van der Waals surface area contributed by atoms with Gasteiger partial charge < -0.3 is 56.8 Å². The summed E-state index contributed by atoms with van der Waals surface area (Å²) in [4.78, 5) is 0. The standard InChI is InChI=1S/C46H93IO12/c1-2-3-4-5-6-7-8-9-10-11-12-13-14-15-17-20-23-48-25-27-50-29-31-52-33-35-54-37-39-56-41-43-58-45-46-59-44-42-57-40-38-55-36-34-53-32-30-51-28-26-49-24-21-18-16-19-22-47/h2-46H2,1H3. The molecule has 0 saturated heterocycles. The highest BCUT2D eigenvalue weighted by Crippen LogP contribution is 2.13. The number of unbranched alkanes of at least 4 members (excludes halogenated alkanes) is 18. The molecule has 0 N–H and O–H groups in total. The van der Waals surface area contributed by atoms with Gasteiger partial charge in [0.05, 0.1) is 145 Å². The molecule has 0 spiro atoms. The van der Waals surface area contributed by atoms with Gasteiger partial charge in [-0.05, 0) is 23.7 Å². The van der Waals surface area contributed by atoms with Crippen LogP contribution in [-0.2, 0) is 56.8 Å². The van der Waals surface area contributed by atoms with E-state index in [1.54, 1.807) is 0 Å². The number of halogens is 1. The molecular weight excluding hydrogens is 871 g/mol. The van der Waals surface area contributed by atoms with Crippen LogP contribution in [0.2, 0.25) is 0 Å². The van der Waals surface area contributed by atoms with Gasteiger partial charge in [-0.1, -0.05) is 139 Å². The fourth-order valence-corrected chi connectivity index (χ4v) is 6.46. The van der Waals surface area contributed by atoms with E-state index in [1.807, 2.05) is 0 Å². The molecule has 0 aliphatic carbocycles. The van der Waals surface area contributed by atoms with Crippen LogP contribution in [0, 0.1) is 0 Å². The molecule has 0 aromatic heterocycles. The van der Waals surface area contributed by atoms with Crippen LogP contribution in [0.1, 0.15) is 135 Å². The van der Waals surface area contributed by atoms with Crippen molar-refractivity contribution >= 4 is 22.6 Å². The average Bonchev–Trinajstić information content (AvgIpc) is 3.25. The van der Waals surface area contributed by atoms with Crippen LogP contribution >= 0.6 is 22.6 Å². The van der Waals surface area contributed by atoms with Crippen molar-refractivity contribution in [2.75, 3.05) is 163 Å². The third kappa shape index (κ3) is 58.2. The summed E-state index contributed by atoms with van der Waals surface area (Å²) >= 11 is 2.42. The van der Waals surface area contributed by atoms with Gasteiger partial charge in [-0.2, -0.15) is 0 Å². The summed E-state index contributed by atoms with van der Waals surface area (Å²) in [7, 11) is 0. The molecule has 59 heavy (non-hydrogen) atoms. The molecule has 0 aromatic rings. The fraction of sp³-hybridized carbons (Fsp3) is 1.00. The number of rotatable bonds is 56. The van der Waals surface area contributed by atoms with Gasteiger partial charge in [-0.3, -0.25) is 0 Å². The second kappa shape index (κ2) is 58.2. The van der Waals surface area contributed by atoms with Crippen molar-refractivity contribution in [3.05, 3.63) is 0 Å². The van der Waals surface area contributed by atoms with E-state index in [4.69, 9.17) is 56.8 Å². The third-order valence-corrected chi connectivity index (χ3v) is 10.2. The first-order valence-electron chi connectivity index (χ1n) is 23.9. The summed E-state index contributed by atoms with van der Waals surface area (Å²) in [5.74, 6) is 0. The second-order valence-corrected chi connectivity index (χ2v) is 15.8. The van der Waals surface area contributed by atoms with Crippen LogP contribution < -0.4 is 0 Å². The molecule has 0 bridgehead atoms. The van der Waals surface area contributed by atoms with E-state index in [1.165, 1.54) is 120 Å². The van der Waals surface area contributed by atoms with Crippen LogP contribution in [0.15, 0.2) is 0 Å². The van der Waals surface area contributed by atoms with Gasteiger partial charge in [0.15, 0.2) is 0 Å². The molecule has 0 atom stereocenters. The lowest BCUT2D eigenvalue weighted by Gasteiger charge is -2.09. The van der Waals surface area contributed by atoms with Crippen LogP contribution in [-0.4, -0.2) is 163 Å². The normalized spacial score (nSPS) is 11.7. The molecule has 0 aliphatic rings. The molecule has 0 rings (SSSR count). The maximum atomic E-state index is 5.70. The zero-order chi connectivity index (χ0) is 42.3. The molecule has 0 aliphatic heterocycles. The van der Waals surface area contributed by atoms with Gasteiger partial charge in [-0.25, -0.2) is 0 Å². The predicted octanol–water partition coefficient (Wildman–Crippen LogP) is 9.44. The number of hydrogen-bond acceptors (Lipinski definition) is 12. The molecule has 0 radical (unpaired) electrons. The Bertz CT molecular complexity index is 659. The lowest BCUT2D eigenvalue weighted by Crippen LogP contribution is -2.15. The highest BCUT2D eigenvalue weighted by atomic mass is 127. The molecule has 13 heteroatoms. The summed E-state index contributed by atoms with van der Waals surface area (Å²) in [6, 6.07) is 0. The largest absolute Gasteiger partial charge is 0.379 e. The van der Waals surface area contributed by atoms with Gasteiger partial charge in [0, 0.05) is 13.2 Å². The minimum absolute atomic E-state index is 0.522. The lowest BCUT2D eigenvalue weighted by molar-refractivity contribution is -0.0284. The molecule has 0 fully saturated rings. The van der Waals surface area contributed by atoms with Crippen molar-refractivity contribution in [2.24, 2.45) is 0 Å². The fourth-order valence-electron chi connectivity index (χ4n) is 5.93. The summed E-state index contributed by atoms with van der Waals surface area (Å²) in [6.45, 7) is 16.2. The monoisotopic (exact) mass is 965 g/mol. The first-order chi connectivity index (χ1) is 29.4. The molecule has 12 nitrogen and oxygen atoms in total. The molecule has 0 unspecified atom stereocenters. The summed E-state index contributed by atoms with van der Waals surface area (Å²) < 4.78 is 67.8. The Labute approximate surface area is 376 Å². The Morgan fingerprint density at radius 3 is 0.525 bits per heavy atom. The van der Waals surface area contributed by atoms with Crippen LogP contribution in [0.5, 0.6) is 0 Å². The van der Waals surface area contributed by atoms with Gasteiger partial charge in [-0.15, -0.1) is 0 Å². The summed E-state index contributed by atoms with van der Waals surface area (Å²) in [6.07, 6.45) is 27.2. The Kier molecular flexibility index (Phi) is 58.5. The lowest BCUT2D eigenvalue weighted by atomic mass is 10.0. The van der Waals surface area contributed by atoms with Gasteiger partial charge in [0.25, 0.3) is 0 Å². The first kappa shape index (κ1) is 59.2. The van der Waals surface area contributed by atoms with Crippen LogP contribution in [0.25, 0.3) is 0 Å². The zero-order valence-electron chi connectivity index (χ0n) is 38.1. The Morgan fingerprint density at radius 2 is 0.339 bits per heavy atom. The van der Waals surface area contributed by atoms with E-state index in [0.717, 1.165) is 26.1 Å². The van der Waals surface area contributed by atoms with E-state index in [9.17, 15) is 0 Å². The zero-order valence-corrected chi connectivity index (χ0v) is 40.3. The SMILES string of the molecule is CCCCCCCCCCCCCCCCCCOCCOCCOCCOCCOCCOCCOCCOCCOCCOCCOCCOCCCCCCI. The van der Waals surface area contributed by atoms with Crippen molar-refractivity contribution in [1.82, 2.24) is 0 Å². The Balaban J connectivity index is 3.06. The van der Waals surface area contributed by atoms with Crippen LogP contribution in [0.3, 0.4) is 0 Å². The van der Waals surface area contributed by atoms with Crippen molar-refractivity contribution in [2.45, 2.75) is 135 Å². The molecule has 0 aromatic carbocycles. The summed E-state index contributed by atoms with van der Waals surface area (Å²) in [5, 5.41) is 0. The van der Waals surface area contributed by atoms with Crippen molar-refractivity contribution in [3.63, 3.8) is 0 Å². The van der Waals surface area contributed by atoms with Crippen molar-refractivity contribution < 1.29 is 56.8 Å². The molecule has 0 heterocycles. The topological polar surface area (TPSA) is 111 Å². The van der Waals surface area contributed by atoms with Gasteiger partial charge in [0.1, 0.15) is 0 Å². The smallest absolute Gasteiger partial charge is 0.0701 e. The highest BCUT2D eigenvalue weighted by Gasteiger charge is 1.99. The quantitative estimate of drug-likeness (QED) is 0.0329. The van der Waals surface area contributed by atoms with E-state index in [0.29, 0.717) is 145 Å². The Morgan fingerprint density at radius 1 is 0.186 bits per heavy atom. The van der Waals surface area contributed by atoms with E-state index in [2.05, 4.69) is 29.5 Å². The maximum Gasteiger partial charge on any atom is 0.0701 e. The molecule has 356 valence electrons. The minimum Gasteiger partial charge on any atom is -0.379 e. The molecular formula is C46H93IO12. The maximum absolute atomic E-state index is 5.70. The number of alkyl halides is 1. The summed E-state index contributed by atoms with van der Waals surface area (Å²) in [5.41, 5.74) is 0. The predicted molar refractivity (Wildman–Crippen MR) is 247 cm³/mol. The molecule has 0 saturated carbocycles. The molecule has 0 amide bonds.